The number of hydrogen-bond acceptors (Lipinski definition) is 6. The van der Waals surface area contributed by atoms with Crippen LogP contribution in [0.15, 0.2) is 18.2 Å². The maximum absolute atomic E-state index is 13.1. The summed E-state index contributed by atoms with van der Waals surface area (Å²) >= 11 is 0. The monoisotopic (exact) mass is 332 g/mol. The van der Waals surface area contributed by atoms with Gasteiger partial charge >= 0.3 is 7.60 Å². The zero-order chi connectivity index (χ0) is 16.6. The number of ether oxygens (including phenoxy) is 3. The first-order chi connectivity index (χ1) is 10.5. The fraction of sp³-hybridized carbons (Fsp3) is 0.600. The highest BCUT2D eigenvalue weighted by Crippen LogP contribution is 2.61. The highest BCUT2D eigenvalue weighted by atomic mass is 31.2. The Balaban J connectivity index is 3.31. The van der Waals surface area contributed by atoms with Crippen LogP contribution in [-0.2, 0) is 18.3 Å². The van der Waals surface area contributed by atoms with Crippen LogP contribution in [0.4, 0.5) is 0 Å². The lowest BCUT2D eigenvalue weighted by Gasteiger charge is -2.26. The molecule has 126 valence electrons. The topological polar surface area (TPSA) is 63.2 Å². The first kappa shape index (κ1) is 19.0. The minimum absolute atomic E-state index is 0.266. The third-order valence-corrected chi connectivity index (χ3v) is 5.15. The maximum Gasteiger partial charge on any atom is 0.363 e. The van der Waals surface area contributed by atoms with E-state index in [1.165, 1.54) is 0 Å². The number of benzene rings is 1. The molecule has 0 amide bonds. The molecule has 22 heavy (non-hydrogen) atoms. The van der Waals surface area contributed by atoms with Crippen LogP contribution in [0.3, 0.4) is 0 Å². The van der Waals surface area contributed by atoms with Crippen molar-refractivity contribution in [1.82, 2.24) is 0 Å². The third-order valence-electron chi connectivity index (χ3n) is 2.89. The van der Waals surface area contributed by atoms with Crippen LogP contribution in [0, 0.1) is 0 Å². The summed E-state index contributed by atoms with van der Waals surface area (Å²) in [6, 6.07) is 5.22. The molecule has 0 heterocycles. The van der Waals surface area contributed by atoms with Crippen molar-refractivity contribution >= 4 is 7.60 Å². The molecule has 6 nitrogen and oxygen atoms in total. The fourth-order valence-corrected chi connectivity index (χ4v) is 3.94. The van der Waals surface area contributed by atoms with Gasteiger partial charge in [0.2, 0.25) is 0 Å². The number of methoxy groups -OCH3 is 2. The second-order valence-electron chi connectivity index (χ2n) is 4.33. The van der Waals surface area contributed by atoms with E-state index in [9.17, 15) is 4.57 Å². The molecule has 1 rings (SSSR count). The molecule has 1 unspecified atom stereocenters. The first-order valence-corrected chi connectivity index (χ1v) is 8.89. The second-order valence-corrected chi connectivity index (χ2v) is 6.39. The van der Waals surface area contributed by atoms with Crippen LogP contribution >= 0.6 is 7.60 Å². The molecule has 1 aromatic rings. The summed E-state index contributed by atoms with van der Waals surface area (Å²) < 4.78 is 40.1. The van der Waals surface area contributed by atoms with Crippen molar-refractivity contribution in [2.24, 2.45) is 0 Å². The minimum Gasteiger partial charge on any atom is -0.497 e. The predicted octanol–water partition coefficient (Wildman–Crippen LogP) is 4.01. The quantitative estimate of drug-likeness (QED) is 0.603. The molecular formula is C15H25O6P. The van der Waals surface area contributed by atoms with Crippen LogP contribution in [0.25, 0.3) is 0 Å². The third kappa shape index (κ3) is 4.71. The summed E-state index contributed by atoms with van der Waals surface area (Å²) in [5, 5.41) is 0. The largest absolute Gasteiger partial charge is 0.497 e. The molecule has 0 fully saturated rings. The van der Waals surface area contributed by atoms with Crippen molar-refractivity contribution in [3.8, 4) is 11.5 Å². The van der Waals surface area contributed by atoms with Gasteiger partial charge in [0.05, 0.1) is 27.4 Å². The van der Waals surface area contributed by atoms with Gasteiger partial charge in [0, 0.05) is 18.2 Å². The van der Waals surface area contributed by atoms with Crippen molar-refractivity contribution in [3.05, 3.63) is 23.8 Å². The van der Waals surface area contributed by atoms with Gasteiger partial charge < -0.3 is 23.3 Å². The van der Waals surface area contributed by atoms with E-state index in [4.69, 9.17) is 23.3 Å². The first-order valence-electron chi connectivity index (χ1n) is 7.27. The van der Waals surface area contributed by atoms with Crippen molar-refractivity contribution in [1.29, 1.82) is 0 Å². The second kappa shape index (κ2) is 9.16. The SMILES string of the molecule is CCOC(c1cc(OC)cc(OC)c1)P(=O)(OCC)OCC. The summed E-state index contributed by atoms with van der Waals surface area (Å²) in [6.45, 7) is 6.26. The molecule has 7 heteroatoms. The molecule has 0 aliphatic rings. The van der Waals surface area contributed by atoms with E-state index in [-0.39, 0.29) is 13.2 Å². The molecule has 0 aromatic heterocycles. The van der Waals surface area contributed by atoms with Crippen molar-refractivity contribution in [3.63, 3.8) is 0 Å². The number of rotatable bonds is 10. The Hall–Kier alpha value is -1.07. The molecule has 1 atom stereocenters. The average molecular weight is 332 g/mol. The Morgan fingerprint density at radius 1 is 0.909 bits per heavy atom. The summed E-state index contributed by atoms with van der Waals surface area (Å²) in [6.07, 6.45) is 0. The predicted molar refractivity (Wildman–Crippen MR) is 84.8 cm³/mol. The molecular weight excluding hydrogens is 307 g/mol. The average Bonchev–Trinajstić information content (AvgIpc) is 2.52. The number of hydrogen-bond donors (Lipinski definition) is 0. The lowest BCUT2D eigenvalue weighted by Crippen LogP contribution is -2.11. The summed E-state index contributed by atoms with van der Waals surface area (Å²) in [5.41, 5.74) is 0.628. The summed E-state index contributed by atoms with van der Waals surface area (Å²) in [7, 11) is -0.353. The molecule has 0 aliphatic heterocycles. The van der Waals surface area contributed by atoms with Gasteiger partial charge in [-0.1, -0.05) is 0 Å². The van der Waals surface area contributed by atoms with Crippen LogP contribution in [-0.4, -0.2) is 34.0 Å². The normalized spacial score (nSPS) is 13.0. The Kier molecular flexibility index (Phi) is 7.90. The minimum atomic E-state index is -3.46. The zero-order valence-corrected chi connectivity index (χ0v) is 14.7. The van der Waals surface area contributed by atoms with Gasteiger partial charge in [-0.25, -0.2) is 0 Å². The van der Waals surface area contributed by atoms with Gasteiger partial charge in [-0.05, 0) is 32.9 Å². The van der Waals surface area contributed by atoms with E-state index in [0.717, 1.165) is 0 Å². The van der Waals surface area contributed by atoms with Gasteiger partial charge in [0.25, 0.3) is 0 Å². The Bertz CT molecular complexity index is 473. The molecule has 0 spiro atoms. The Morgan fingerprint density at radius 3 is 1.77 bits per heavy atom. The Morgan fingerprint density at radius 2 is 1.41 bits per heavy atom. The van der Waals surface area contributed by atoms with Crippen molar-refractivity contribution < 1.29 is 27.8 Å². The molecule has 0 aliphatic carbocycles. The molecule has 0 saturated carbocycles. The molecule has 0 N–H and O–H groups in total. The summed E-state index contributed by atoms with van der Waals surface area (Å²) in [4.78, 5) is 0. The highest BCUT2D eigenvalue weighted by molar-refractivity contribution is 7.54. The van der Waals surface area contributed by atoms with Crippen LogP contribution in [0.1, 0.15) is 32.2 Å². The van der Waals surface area contributed by atoms with Gasteiger partial charge in [-0.15, -0.1) is 0 Å². The van der Waals surface area contributed by atoms with Crippen LogP contribution in [0.5, 0.6) is 11.5 Å². The smallest absolute Gasteiger partial charge is 0.363 e. The van der Waals surface area contributed by atoms with E-state index in [2.05, 4.69) is 0 Å². The van der Waals surface area contributed by atoms with Gasteiger partial charge in [-0.2, -0.15) is 0 Å². The molecule has 0 saturated heterocycles. The standard InChI is InChI=1S/C15H25O6P/c1-6-19-15(22(16,20-7-2)21-8-3)12-9-13(17-4)11-14(10-12)18-5/h9-11,15H,6-8H2,1-5H3. The van der Waals surface area contributed by atoms with Gasteiger partial charge in [-0.3, -0.25) is 4.57 Å². The molecule has 0 radical (unpaired) electrons. The lowest BCUT2D eigenvalue weighted by molar-refractivity contribution is 0.0780. The summed E-state index contributed by atoms with van der Waals surface area (Å²) in [5.74, 6) is 0.332. The van der Waals surface area contributed by atoms with Crippen molar-refractivity contribution in [2.45, 2.75) is 26.6 Å². The van der Waals surface area contributed by atoms with E-state index >= 15 is 0 Å². The van der Waals surface area contributed by atoms with E-state index in [1.807, 2.05) is 6.92 Å². The van der Waals surface area contributed by atoms with Crippen LogP contribution < -0.4 is 9.47 Å². The van der Waals surface area contributed by atoms with E-state index < -0.39 is 13.4 Å². The molecule has 1 aromatic carbocycles. The van der Waals surface area contributed by atoms with E-state index in [0.29, 0.717) is 23.7 Å². The fourth-order valence-electron chi connectivity index (χ4n) is 2.03. The zero-order valence-electron chi connectivity index (χ0n) is 13.8. The van der Waals surface area contributed by atoms with Gasteiger partial charge in [0.1, 0.15) is 11.5 Å². The van der Waals surface area contributed by atoms with E-state index in [1.54, 1.807) is 46.3 Å². The lowest BCUT2D eigenvalue weighted by atomic mass is 10.2. The van der Waals surface area contributed by atoms with Crippen LogP contribution in [0.2, 0.25) is 0 Å². The Labute approximate surface area is 132 Å². The highest BCUT2D eigenvalue weighted by Gasteiger charge is 2.38. The maximum atomic E-state index is 13.1. The van der Waals surface area contributed by atoms with Crippen molar-refractivity contribution in [2.75, 3.05) is 34.0 Å². The van der Waals surface area contributed by atoms with Gasteiger partial charge in [0.15, 0.2) is 5.85 Å². The molecule has 0 bridgehead atoms.